The van der Waals surface area contributed by atoms with Crippen LogP contribution in [0.3, 0.4) is 0 Å². The van der Waals surface area contributed by atoms with Crippen molar-refractivity contribution in [1.29, 1.82) is 5.41 Å². The van der Waals surface area contributed by atoms with Gasteiger partial charge in [-0.3, -0.25) is 10.5 Å². The lowest BCUT2D eigenvalue weighted by molar-refractivity contribution is 0.567. The zero-order valence-corrected chi connectivity index (χ0v) is 12.5. The van der Waals surface area contributed by atoms with E-state index >= 15 is 0 Å². The lowest BCUT2D eigenvalue weighted by Crippen LogP contribution is -2.11. The Balaban J connectivity index is 0.00000196. The highest BCUT2D eigenvalue weighted by atomic mass is 127. The predicted octanol–water partition coefficient (Wildman–Crippen LogP) is 3.03. The van der Waals surface area contributed by atoms with Crippen LogP contribution in [0.1, 0.15) is 26.5 Å². The summed E-state index contributed by atoms with van der Waals surface area (Å²) in [7, 11) is 0. The molecule has 0 saturated heterocycles. The number of hydrogen-bond donors (Lipinski definition) is 3. The zero-order valence-electron chi connectivity index (χ0n) is 9.34. The maximum absolute atomic E-state index is 7.44. The average Bonchev–Trinajstić information content (AvgIpc) is 2.51. The van der Waals surface area contributed by atoms with Crippen LogP contribution in [0.4, 0.5) is 5.82 Å². The number of nitrogens with one attached hydrogen (secondary N) is 3. The number of rotatable bonds is 1. The Morgan fingerprint density at radius 3 is 2.53 bits per heavy atom. The van der Waals surface area contributed by atoms with Crippen LogP contribution in [0.5, 0.6) is 0 Å². The van der Waals surface area contributed by atoms with Gasteiger partial charge in [0.05, 0.1) is 0 Å². The molecule has 0 unspecified atom stereocenters. The van der Waals surface area contributed by atoms with Crippen LogP contribution in [0, 0.1) is 5.41 Å². The van der Waals surface area contributed by atoms with Crippen LogP contribution in [0.2, 0.25) is 0 Å². The summed E-state index contributed by atoms with van der Waals surface area (Å²) in [4.78, 5) is 0. The summed E-state index contributed by atoms with van der Waals surface area (Å²) >= 11 is 1.35. The van der Waals surface area contributed by atoms with Gasteiger partial charge >= 0.3 is 0 Å². The lowest BCUT2D eigenvalue weighted by Gasteiger charge is -2.14. The zero-order chi connectivity index (χ0) is 10.8. The van der Waals surface area contributed by atoms with E-state index in [9.17, 15) is 0 Å². The topological polar surface area (TPSA) is 64.6 Å². The van der Waals surface area contributed by atoms with Crippen molar-refractivity contribution in [3.8, 4) is 0 Å². The number of hydrogen-bond acceptors (Lipinski definition) is 3. The van der Waals surface area contributed by atoms with Crippen molar-refractivity contribution in [3.05, 3.63) is 11.8 Å². The Kier molecular flexibility index (Phi) is 5.65. The maximum atomic E-state index is 7.44. The first kappa shape index (κ1) is 14.8. The summed E-state index contributed by atoms with van der Waals surface area (Å²) in [6, 6.07) is 1.94. The van der Waals surface area contributed by atoms with E-state index in [1.807, 2.05) is 12.3 Å². The van der Waals surface area contributed by atoms with Crippen molar-refractivity contribution in [2.24, 2.45) is 0 Å². The fourth-order valence-corrected chi connectivity index (χ4v) is 1.14. The monoisotopic (exact) mass is 340 g/mol. The van der Waals surface area contributed by atoms with Gasteiger partial charge in [0.2, 0.25) is 0 Å². The summed E-state index contributed by atoms with van der Waals surface area (Å²) in [6.07, 6.45) is 1.85. The van der Waals surface area contributed by atoms with E-state index in [0.29, 0.717) is 11.0 Å². The molecule has 86 valence electrons. The number of halogens is 1. The highest BCUT2D eigenvalue weighted by Crippen LogP contribution is 2.22. The minimum atomic E-state index is 0. The van der Waals surface area contributed by atoms with E-state index in [1.54, 1.807) is 0 Å². The van der Waals surface area contributed by atoms with Crippen LogP contribution in [-0.2, 0) is 5.41 Å². The third-order valence-corrected chi connectivity index (χ3v) is 2.34. The summed E-state index contributed by atoms with van der Waals surface area (Å²) in [5.41, 5.74) is 1.13. The number of H-pyrrole nitrogens is 1. The minimum Gasteiger partial charge on any atom is -0.318 e. The fourth-order valence-electron chi connectivity index (χ4n) is 0.937. The van der Waals surface area contributed by atoms with Gasteiger partial charge in [-0.25, -0.2) is 0 Å². The average molecular weight is 340 g/mol. The Morgan fingerprint density at radius 2 is 2.13 bits per heavy atom. The molecule has 4 nitrogen and oxygen atoms in total. The molecule has 6 heteroatoms. The van der Waals surface area contributed by atoms with Crippen molar-refractivity contribution < 1.29 is 0 Å². The molecule has 1 aromatic rings. The van der Waals surface area contributed by atoms with E-state index < -0.39 is 0 Å². The predicted molar refractivity (Wildman–Crippen MR) is 77.6 cm³/mol. The molecule has 0 aliphatic heterocycles. The van der Waals surface area contributed by atoms with Crippen LogP contribution in [-0.4, -0.2) is 21.6 Å². The van der Waals surface area contributed by atoms with Gasteiger partial charge < -0.3 is 5.32 Å². The molecule has 3 N–H and O–H groups in total. The van der Waals surface area contributed by atoms with Crippen LogP contribution in [0.15, 0.2) is 6.07 Å². The molecular weight excluding hydrogens is 323 g/mol. The first-order valence-corrected chi connectivity index (χ1v) is 5.61. The molecule has 0 saturated carbocycles. The molecule has 0 spiro atoms. The van der Waals surface area contributed by atoms with Crippen molar-refractivity contribution >= 4 is 46.7 Å². The van der Waals surface area contributed by atoms with Gasteiger partial charge in [0.15, 0.2) is 11.0 Å². The van der Waals surface area contributed by atoms with Crippen LogP contribution < -0.4 is 5.32 Å². The number of anilines is 1. The summed E-state index contributed by atoms with van der Waals surface area (Å²) < 4.78 is 0. The van der Waals surface area contributed by atoms with Crippen molar-refractivity contribution in [2.45, 2.75) is 26.2 Å². The first-order chi connectivity index (χ1) is 6.43. The molecule has 0 aliphatic rings. The number of thioether (sulfide) groups is 1. The Morgan fingerprint density at radius 1 is 1.53 bits per heavy atom. The van der Waals surface area contributed by atoms with Gasteiger partial charge in [0, 0.05) is 17.2 Å². The van der Waals surface area contributed by atoms with E-state index in [1.165, 1.54) is 11.8 Å². The molecule has 0 fully saturated rings. The summed E-state index contributed by atoms with van der Waals surface area (Å²) in [6.45, 7) is 6.35. The Hall–Kier alpha value is -0.240. The minimum absolute atomic E-state index is 0. The third kappa shape index (κ3) is 4.42. The van der Waals surface area contributed by atoms with Crippen LogP contribution >= 0.6 is 35.7 Å². The second kappa shape index (κ2) is 5.74. The maximum Gasteiger partial charge on any atom is 0.159 e. The number of aromatic amines is 1. The fraction of sp³-hybridized carbons (Fsp3) is 0.556. The number of nitrogens with zero attached hydrogens (tertiary/aromatic N) is 1. The highest BCUT2D eigenvalue weighted by molar-refractivity contribution is 14.0. The second-order valence-electron chi connectivity index (χ2n) is 4.08. The SMILES string of the molecule is CSC(=N)Nc1cc(C(C)(C)C)[nH]n1.I. The number of amidine groups is 1. The van der Waals surface area contributed by atoms with Gasteiger partial charge in [-0.1, -0.05) is 32.5 Å². The summed E-state index contributed by atoms with van der Waals surface area (Å²) in [5.74, 6) is 0.703. The van der Waals surface area contributed by atoms with Crippen molar-refractivity contribution in [3.63, 3.8) is 0 Å². The molecule has 0 radical (unpaired) electrons. The van der Waals surface area contributed by atoms with E-state index in [2.05, 4.69) is 36.3 Å². The molecule has 0 aromatic carbocycles. The molecule has 0 aliphatic carbocycles. The van der Waals surface area contributed by atoms with Gasteiger partial charge in [-0.15, -0.1) is 24.0 Å². The van der Waals surface area contributed by atoms with E-state index in [4.69, 9.17) is 5.41 Å². The first-order valence-electron chi connectivity index (χ1n) is 4.39. The van der Waals surface area contributed by atoms with Gasteiger partial charge in [-0.05, 0) is 6.26 Å². The van der Waals surface area contributed by atoms with Gasteiger partial charge in [0.25, 0.3) is 0 Å². The number of aromatic nitrogens is 2. The van der Waals surface area contributed by atoms with E-state index in [0.717, 1.165) is 5.69 Å². The quantitative estimate of drug-likeness (QED) is 0.418. The van der Waals surface area contributed by atoms with Crippen LogP contribution in [0.25, 0.3) is 0 Å². The molecular formula is C9H17IN4S. The van der Waals surface area contributed by atoms with Gasteiger partial charge in [-0.2, -0.15) is 5.10 Å². The molecule has 15 heavy (non-hydrogen) atoms. The molecule has 0 bridgehead atoms. The smallest absolute Gasteiger partial charge is 0.159 e. The normalized spacial score (nSPS) is 10.7. The molecule has 1 heterocycles. The summed E-state index contributed by atoms with van der Waals surface area (Å²) in [5, 5.41) is 17.8. The molecule has 1 rings (SSSR count). The lowest BCUT2D eigenvalue weighted by atomic mass is 9.92. The van der Waals surface area contributed by atoms with E-state index in [-0.39, 0.29) is 29.4 Å². The largest absolute Gasteiger partial charge is 0.318 e. The second-order valence-corrected chi connectivity index (χ2v) is 4.89. The van der Waals surface area contributed by atoms with Gasteiger partial charge in [0.1, 0.15) is 0 Å². The molecule has 0 atom stereocenters. The molecule has 1 aromatic heterocycles. The Labute approximate surface area is 112 Å². The highest BCUT2D eigenvalue weighted by Gasteiger charge is 2.16. The van der Waals surface area contributed by atoms with Crippen molar-refractivity contribution in [1.82, 2.24) is 10.2 Å². The Bertz CT molecular complexity index is 329. The van der Waals surface area contributed by atoms with Crippen molar-refractivity contribution in [2.75, 3.05) is 11.6 Å². The third-order valence-electron chi connectivity index (χ3n) is 1.83. The standard InChI is InChI=1S/C9H16N4S.HI/c1-9(2,3)6-5-7(13-12-6)11-8(10)14-4;/h5H,1-4H3,(H3,10,11,12,13);1H. The molecule has 0 amide bonds.